The van der Waals surface area contributed by atoms with Crippen LogP contribution in [0.3, 0.4) is 0 Å². The average Bonchev–Trinajstić information content (AvgIpc) is 1.63. The van der Waals surface area contributed by atoms with Gasteiger partial charge in [0.1, 0.15) is 0 Å². The first-order chi connectivity index (χ1) is 3.98. The molecule has 0 aromatic heterocycles. The fourth-order valence-electron chi connectivity index (χ4n) is 0.280. The third kappa shape index (κ3) is 4.69. The molecular weight excluding hydrogens is 204 g/mol. The molecule has 0 bridgehead atoms. The van der Waals surface area contributed by atoms with Gasteiger partial charge in [-0.25, -0.2) is 17.6 Å². The van der Waals surface area contributed by atoms with Gasteiger partial charge >= 0.3 is 0 Å². The zero-order chi connectivity index (χ0) is 7.49. The van der Waals surface area contributed by atoms with Crippen LogP contribution in [0, 0.1) is 0 Å². The molecule has 0 unspecified atom stereocenters. The summed E-state index contributed by atoms with van der Waals surface area (Å²) in [5.41, 5.74) is 0. The van der Waals surface area contributed by atoms with Crippen molar-refractivity contribution in [3.63, 3.8) is 0 Å². The molecule has 0 heterocycles. The van der Waals surface area contributed by atoms with Gasteiger partial charge in [-0.05, 0) is 0 Å². The summed E-state index contributed by atoms with van der Waals surface area (Å²) in [7, 11) is 0. The lowest BCUT2D eigenvalue weighted by Crippen LogP contribution is -2.21. The molecule has 0 radical (unpaired) electrons. The van der Waals surface area contributed by atoms with Crippen molar-refractivity contribution in [1.29, 1.82) is 0 Å². The molecule has 56 valence electrons. The fraction of sp³-hybridized carbons (Fsp3) is 1.00. The standard InChI is InChI=1S/C4H5BrF4/c5-2-4(8,9)1-3(6)7/h3H,1-2H2. The van der Waals surface area contributed by atoms with Crippen molar-refractivity contribution < 1.29 is 17.6 Å². The molecule has 5 heteroatoms. The van der Waals surface area contributed by atoms with E-state index in [9.17, 15) is 17.6 Å². The van der Waals surface area contributed by atoms with Gasteiger partial charge in [0.05, 0.1) is 11.8 Å². The lowest BCUT2D eigenvalue weighted by molar-refractivity contribution is -0.0332. The van der Waals surface area contributed by atoms with Crippen molar-refractivity contribution in [3.8, 4) is 0 Å². The summed E-state index contributed by atoms with van der Waals surface area (Å²) >= 11 is 2.42. The van der Waals surface area contributed by atoms with Crippen LogP contribution in [0.2, 0.25) is 0 Å². The maximum Gasteiger partial charge on any atom is 0.263 e. The molecule has 0 aromatic rings. The fourth-order valence-corrected chi connectivity index (χ4v) is 0.509. The molecule has 0 saturated heterocycles. The first-order valence-electron chi connectivity index (χ1n) is 2.20. The Labute approximate surface area is 58.4 Å². The van der Waals surface area contributed by atoms with Crippen LogP contribution in [0.1, 0.15) is 6.42 Å². The lowest BCUT2D eigenvalue weighted by Gasteiger charge is -2.10. The molecule has 0 aliphatic heterocycles. The minimum atomic E-state index is -3.27. The molecule has 9 heavy (non-hydrogen) atoms. The van der Waals surface area contributed by atoms with Crippen LogP contribution in [0.25, 0.3) is 0 Å². The quantitative estimate of drug-likeness (QED) is 0.495. The van der Waals surface area contributed by atoms with E-state index in [0.29, 0.717) is 0 Å². The van der Waals surface area contributed by atoms with E-state index in [0.717, 1.165) is 0 Å². The topological polar surface area (TPSA) is 0 Å². The number of halogens is 5. The number of hydrogen-bond acceptors (Lipinski definition) is 0. The van der Waals surface area contributed by atoms with Gasteiger partial charge < -0.3 is 0 Å². The van der Waals surface area contributed by atoms with Crippen molar-refractivity contribution in [3.05, 3.63) is 0 Å². The Morgan fingerprint density at radius 3 is 1.89 bits per heavy atom. The summed E-state index contributed by atoms with van der Waals surface area (Å²) in [4.78, 5) is 0. The Balaban J connectivity index is 3.58. The van der Waals surface area contributed by atoms with Crippen LogP contribution in [0.15, 0.2) is 0 Å². The van der Waals surface area contributed by atoms with Gasteiger partial charge in [0.15, 0.2) is 0 Å². The predicted molar refractivity (Wildman–Crippen MR) is 29.4 cm³/mol. The van der Waals surface area contributed by atoms with Gasteiger partial charge in [0.25, 0.3) is 5.92 Å². The van der Waals surface area contributed by atoms with Crippen molar-refractivity contribution in [2.24, 2.45) is 0 Å². The first-order valence-corrected chi connectivity index (χ1v) is 3.32. The molecule has 0 spiro atoms. The van der Waals surface area contributed by atoms with Gasteiger partial charge in [-0.3, -0.25) is 0 Å². The Morgan fingerprint density at radius 2 is 1.78 bits per heavy atom. The summed E-state index contributed by atoms with van der Waals surface area (Å²) < 4.78 is 46.2. The molecule has 0 fully saturated rings. The zero-order valence-corrected chi connectivity index (χ0v) is 5.97. The average molecular weight is 209 g/mol. The molecule has 0 rings (SSSR count). The lowest BCUT2D eigenvalue weighted by atomic mass is 10.3. The minimum Gasteiger partial charge on any atom is -0.210 e. The van der Waals surface area contributed by atoms with Gasteiger partial charge in [0.2, 0.25) is 6.43 Å². The van der Waals surface area contributed by atoms with Crippen molar-refractivity contribution in [1.82, 2.24) is 0 Å². The smallest absolute Gasteiger partial charge is 0.210 e. The van der Waals surface area contributed by atoms with E-state index in [-0.39, 0.29) is 0 Å². The van der Waals surface area contributed by atoms with Gasteiger partial charge in [-0.1, -0.05) is 15.9 Å². The van der Waals surface area contributed by atoms with E-state index in [2.05, 4.69) is 15.9 Å². The minimum absolute atomic E-state index is 0.704. The van der Waals surface area contributed by atoms with Crippen LogP contribution in [0.5, 0.6) is 0 Å². The van der Waals surface area contributed by atoms with E-state index in [1.807, 2.05) is 0 Å². The Bertz CT molecular complexity index is 82.6. The van der Waals surface area contributed by atoms with Crippen LogP contribution in [-0.4, -0.2) is 17.7 Å². The summed E-state index contributed by atoms with van der Waals surface area (Å²) in [6.07, 6.45) is -4.30. The Hall–Kier alpha value is 0.200. The normalized spacial score (nSPS) is 12.7. The molecule has 0 saturated carbocycles. The highest BCUT2D eigenvalue weighted by Gasteiger charge is 2.31. The van der Waals surface area contributed by atoms with E-state index >= 15 is 0 Å². The second-order valence-electron chi connectivity index (χ2n) is 1.58. The Kier molecular flexibility index (Phi) is 3.46. The maximum absolute atomic E-state index is 11.9. The van der Waals surface area contributed by atoms with Gasteiger partial charge in [0, 0.05) is 0 Å². The molecule has 0 aliphatic rings. The van der Waals surface area contributed by atoms with Gasteiger partial charge in [-0.2, -0.15) is 0 Å². The van der Waals surface area contributed by atoms with E-state index in [1.54, 1.807) is 0 Å². The summed E-state index contributed by atoms with van der Waals surface area (Å²) in [6.45, 7) is 0. The third-order valence-electron chi connectivity index (χ3n) is 0.648. The van der Waals surface area contributed by atoms with E-state index < -0.39 is 24.1 Å². The van der Waals surface area contributed by atoms with Crippen LogP contribution in [-0.2, 0) is 0 Å². The van der Waals surface area contributed by atoms with Crippen molar-refractivity contribution >= 4 is 15.9 Å². The molecule has 0 aromatic carbocycles. The van der Waals surface area contributed by atoms with Gasteiger partial charge in [-0.15, -0.1) is 0 Å². The SMILES string of the molecule is FC(F)CC(F)(F)CBr. The van der Waals surface area contributed by atoms with E-state index in [1.165, 1.54) is 0 Å². The molecular formula is C4H5BrF4. The van der Waals surface area contributed by atoms with Crippen molar-refractivity contribution in [2.45, 2.75) is 18.8 Å². The second kappa shape index (κ2) is 3.39. The van der Waals surface area contributed by atoms with E-state index in [4.69, 9.17) is 0 Å². The highest BCUT2D eigenvalue weighted by molar-refractivity contribution is 9.09. The molecule has 0 amide bonds. The summed E-state index contributed by atoms with van der Waals surface area (Å²) in [6, 6.07) is 0. The highest BCUT2D eigenvalue weighted by atomic mass is 79.9. The van der Waals surface area contributed by atoms with Crippen LogP contribution < -0.4 is 0 Å². The molecule has 0 N–H and O–H groups in total. The first kappa shape index (κ1) is 9.20. The summed E-state index contributed by atoms with van der Waals surface area (Å²) in [5, 5.41) is -0.704. The highest BCUT2D eigenvalue weighted by Crippen LogP contribution is 2.24. The second-order valence-corrected chi connectivity index (χ2v) is 2.15. The number of alkyl halides is 5. The largest absolute Gasteiger partial charge is 0.263 e. The number of rotatable bonds is 3. The molecule has 0 nitrogen and oxygen atoms in total. The molecule has 0 atom stereocenters. The summed E-state index contributed by atoms with van der Waals surface area (Å²) in [5.74, 6) is -3.27. The van der Waals surface area contributed by atoms with Crippen LogP contribution in [0.4, 0.5) is 17.6 Å². The van der Waals surface area contributed by atoms with Crippen LogP contribution >= 0.6 is 15.9 Å². The third-order valence-corrected chi connectivity index (χ3v) is 1.47. The zero-order valence-electron chi connectivity index (χ0n) is 4.38. The predicted octanol–water partition coefficient (Wildman–Crippen LogP) is 2.67. The molecule has 0 aliphatic carbocycles. The number of hydrogen-bond donors (Lipinski definition) is 0. The maximum atomic E-state index is 11.9. The Morgan fingerprint density at radius 1 is 1.33 bits per heavy atom. The van der Waals surface area contributed by atoms with Crippen molar-refractivity contribution in [2.75, 3.05) is 5.33 Å². The monoisotopic (exact) mass is 208 g/mol.